The van der Waals surface area contributed by atoms with Crippen LogP contribution in [-0.2, 0) is 0 Å². The van der Waals surface area contributed by atoms with E-state index in [0.29, 0.717) is 5.54 Å². The molecular weight excluding hydrogens is 206 g/mol. The Morgan fingerprint density at radius 1 is 1.31 bits per heavy atom. The van der Waals surface area contributed by atoms with Gasteiger partial charge in [0.2, 0.25) is 0 Å². The van der Waals surface area contributed by atoms with Gasteiger partial charge in [0.15, 0.2) is 0 Å². The SMILES string of the molecule is Cl.OC1CCNC2(CCSCC2)C1. The topological polar surface area (TPSA) is 32.3 Å². The van der Waals surface area contributed by atoms with Crippen molar-refractivity contribution in [3.63, 3.8) is 0 Å². The van der Waals surface area contributed by atoms with Crippen LogP contribution in [0.15, 0.2) is 0 Å². The molecule has 0 aliphatic carbocycles. The monoisotopic (exact) mass is 223 g/mol. The van der Waals surface area contributed by atoms with Crippen LogP contribution >= 0.6 is 24.2 Å². The molecular formula is C9H18ClNOS. The third-order valence-electron chi connectivity index (χ3n) is 3.05. The number of hydrogen-bond acceptors (Lipinski definition) is 3. The molecule has 2 fully saturated rings. The van der Waals surface area contributed by atoms with Crippen LogP contribution in [0.5, 0.6) is 0 Å². The van der Waals surface area contributed by atoms with Gasteiger partial charge in [0.1, 0.15) is 0 Å². The molecule has 0 aromatic rings. The van der Waals surface area contributed by atoms with Gasteiger partial charge in [-0.1, -0.05) is 0 Å². The highest BCUT2D eigenvalue weighted by Gasteiger charge is 2.36. The van der Waals surface area contributed by atoms with E-state index in [1.807, 2.05) is 11.8 Å². The molecule has 2 N–H and O–H groups in total. The van der Waals surface area contributed by atoms with E-state index in [4.69, 9.17) is 0 Å². The van der Waals surface area contributed by atoms with Gasteiger partial charge in [-0.25, -0.2) is 0 Å². The zero-order chi connectivity index (χ0) is 8.44. The minimum Gasteiger partial charge on any atom is -0.393 e. The van der Waals surface area contributed by atoms with Gasteiger partial charge in [-0.15, -0.1) is 12.4 Å². The minimum atomic E-state index is -0.0469. The molecule has 1 unspecified atom stereocenters. The fourth-order valence-corrected chi connectivity index (χ4v) is 3.55. The molecule has 1 spiro atoms. The molecule has 2 aliphatic heterocycles. The highest BCUT2D eigenvalue weighted by Crippen LogP contribution is 2.33. The summed E-state index contributed by atoms with van der Waals surface area (Å²) in [6.07, 6.45) is 4.36. The summed E-state index contributed by atoms with van der Waals surface area (Å²) in [6, 6.07) is 0. The highest BCUT2D eigenvalue weighted by molar-refractivity contribution is 7.99. The smallest absolute Gasteiger partial charge is 0.0569 e. The van der Waals surface area contributed by atoms with Crippen molar-refractivity contribution in [1.82, 2.24) is 5.32 Å². The van der Waals surface area contributed by atoms with Gasteiger partial charge in [0.05, 0.1) is 6.10 Å². The summed E-state index contributed by atoms with van der Waals surface area (Å²) in [6.45, 7) is 1.01. The first kappa shape index (κ1) is 11.6. The van der Waals surface area contributed by atoms with E-state index in [0.717, 1.165) is 19.4 Å². The lowest BCUT2D eigenvalue weighted by molar-refractivity contribution is 0.0729. The summed E-state index contributed by atoms with van der Waals surface area (Å²) in [5.74, 6) is 2.53. The van der Waals surface area contributed by atoms with Gasteiger partial charge in [0.25, 0.3) is 0 Å². The Kier molecular flexibility index (Phi) is 4.36. The third-order valence-corrected chi connectivity index (χ3v) is 4.04. The summed E-state index contributed by atoms with van der Waals surface area (Å²) in [5, 5.41) is 13.2. The molecule has 4 heteroatoms. The van der Waals surface area contributed by atoms with Crippen LogP contribution < -0.4 is 5.32 Å². The molecule has 0 amide bonds. The zero-order valence-electron chi connectivity index (χ0n) is 7.79. The summed E-state index contributed by atoms with van der Waals surface area (Å²) in [7, 11) is 0. The Morgan fingerprint density at radius 3 is 2.62 bits per heavy atom. The molecule has 0 aromatic heterocycles. The average molecular weight is 224 g/mol. The van der Waals surface area contributed by atoms with E-state index in [-0.39, 0.29) is 18.5 Å². The van der Waals surface area contributed by atoms with Crippen molar-refractivity contribution < 1.29 is 5.11 Å². The van der Waals surface area contributed by atoms with Crippen molar-refractivity contribution in [3.8, 4) is 0 Å². The minimum absolute atomic E-state index is 0. The largest absolute Gasteiger partial charge is 0.393 e. The summed E-state index contributed by atoms with van der Waals surface area (Å²) in [5.41, 5.74) is 0.308. The quantitative estimate of drug-likeness (QED) is 0.652. The molecule has 0 radical (unpaired) electrons. The number of aliphatic hydroxyl groups is 1. The number of halogens is 1. The molecule has 78 valence electrons. The first-order chi connectivity index (χ1) is 5.81. The molecule has 2 rings (SSSR count). The van der Waals surface area contributed by atoms with Crippen molar-refractivity contribution in [2.24, 2.45) is 0 Å². The van der Waals surface area contributed by atoms with Crippen LogP contribution in [-0.4, -0.2) is 34.8 Å². The van der Waals surface area contributed by atoms with E-state index in [2.05, 4.69) is 5.32 Å². The van der Waals surface area contributed by atoms with Crippen molar-refractivity contribution in [3.05, 3.63) is 0 Å². The number of aliphatic hydroxyl groups excluding tert-OH is 1. The van der Waals surface area contributed by atoms with E-state index in [1.165, 1.54) is 24.3 Å². The molecule has 2 nitrogen and oxygen atoms in total. The molecule has 0 aromatic carbocycles. The molecule has 0 saturated carbocycles. The van der Waals surface area contributed by atoms with Gasteiger partial charge >= 0.3 is 0 Å². The van der Waals surface area contributed by atoms with Crippen molar-refractivity contribution in [2.75, 3.05) is 18.1 Å². The normalized spacial score (nSPS) is 32.5. The maximum atomic E-state index is 9.58. The van der Waals surface area contributed by atoms with E-state index in [1.54, 1.807) is 0 Å². The van der Waals surface area contributed by atoms with Crippen LogP contribution in [0.4, 0.5) is 0 Å². The Labute approximate surface area is 90.3 Å². The maximum Gasteiger partial charge on any atom is 0.0569 e. The van der Waals surface area contributed by atoms with Gasteiger partial charge in [-0.05, 0) is 43.7 Å². The lowest BCUT2D eigenvalue weighted by Gasteiger charge is -2.43. The first-order valence-corrected chi connectivity index (χ1v) is 5.97. The first-order valence-electron chi connectivity index (χ1n) is 4.82. The lowest BCUT2D eigenvalue weighted by Crippen LogP contribution is -2.54. The summed E-state index contributed by atoms with van der Waals surface area (Å²) < 4.78 is 0. The second kappa shape index (κ2) is 4.87. The van der Waals surface area contributed by atoms with Crippen molar-refractivity contribution in [1.29, 1.82) is 0 Å². The number of thioether (sulfide) groups is 1. The second-order valence-corrected chi connectivity index (χ2v) is 5.19. The number of hydrogen-bond donors (Lipinski definition) is 2. The van der Waals surface area contributed by atoms with Gasteiger partial charge < -0.3 is 10.4 Å². The Morgan fingerprint density at radius 2 is 2.00 bits per heavy atom. The zero-order valence-corrected chi connectivity index (χ0v) is 9.42. The number of rotatable bonds is 0. The predicted octanol–water partition coefficient (Wildman–Crippen LogP) is 1.42. The van der Waals surface area contributed by atoms with Crippen LogP contribution in [0, 0.1) is 0 Å². The van der Waals surface area contributed by atoms with Crippen molar-refractivity contribution >= 4 is 24.2 Å². The predicted molar refractivity (Wildman–Crippen MR) is 59.8 cm³/mol. The Hall–Kier alpha value is 0.560. The third kappa shape index (κ3) is 2.75. The van der Waals surface area contributed by atoms with Crippen LogP contribution in [0.3, 0.4) is 0 Å². The van der Waals surface area contributed by atoms with Gasteiger partial charge in [-0.2, -0.15) is 11.8 Å². The number of piperidine rings is 1. The van der Waals surface area contributed by atoms with Crippen molar-refractivity contribution in [2.45, 2.75) is 37.3 Å². The lowest BCUT2D eigenvalue weighted by atomic mass is 9.82. The second-order valence-electron chi connectivity index (χ2n) is 3.97. The Bertz CT molecular complexity index is 156. The van der Waals surface area contributed by atoms with Crippen LogP contribution in [0.1, 0.15) is 25.7 Å². The fourth-order valence-electron chi connectivity index (χ4n) is 2.27. The summed E-state index contributed by atoms with van der Waals surface area (Å²) in [4.78, 5) is 0. The Balaban J connectivity index is 0.000000845. The average Bonchev–Trinajstić information content (AvgIpc) is 2.05. The van der Waals surface area contributed by atoms with E-state index in [9.17, 15) is 5.11 Å². The molecule has 2 heterocycles. The standard InChI is InChI=1S/C9H17NOS.ClH/c11-8-1-4-10-9(7-8)2-5-12-6-3-9;/h8,10-11H,1-7H2;1H. The molecule has 2 saturated heterocycles. The van der Waals surface area contributed by atoms with Crippen LogP contribution in [0.25, 0.3) is 0 Å². The van der Waals surface area contributed by atoms with E-state index >= 15 is 0 Å². The van der Waals surface area contributed by atoms with Gasteiger partial charge in [-0.3, -0.25) is 0 Å². The maximum absolute atomic E-state index is 9.58. The molecule has 0 bridgehead atoms. The van der Waals surface area contributed by atoms with Crippen LogP contribution in [0.2, 0.25) is 0 Å². The highest BCUT2D eigenvalue weighted by atomic mass is 35.5. The van der Waals surface area contributed by atoms with E-state index < -0.39 is 0 Å². The fraction of sp³-hybridized carbons (Fsp3) is 1.00. The molecule has 1 atom stereocenters. The summed E-state index contributed by atoms with van der Waals surface area (Å²) >= 11 is 2.04. The number of nitrogens with one attached hydrogen (secondary N) is 1. The molecule has 2 aliphatic rings. The molecule has 13 heavy (non-hydrogen) atoms. The van der Waals surface area contributed by atoms with Gasteiger partial charge in [0, 0.05) is 5.54 Å².